The number of amides is 1. The molecule has 60 heavy (non-hydrogen) atoms. The van der Waals surface area contributed by atoms with Gasteiger partial charge in [-0.25, -0.2) is 31.0 Å². The Hall–Kier alpha value is -5.43. The number of carbonyl (C=O) groups excluding carboxylic acids is 1. The average molecular weight is 874 g/mol. The number of aromatic nitrogens is 7. The highest BCUT2D eigenvalue weighted by Crippen LogP contribution is 2.63. The molecule has 8 rings (SSSR count). The van der Waals surface area contributed by atoms with Crippen molar-refractivity contribution in [3.8, 4) is 22.4 Å². The van der Waals surface area contributed by atoms with Crippen molar-refractivity contribution in [3.05, 3.63) is 99.7 Å². The molecule has 1 fully saturated rings. The maximum Gasteiger partial charge on any atom is 0.293 e. The summed E-state index contributed by atoms with van der Waals surface area (Å²) in [6, 6.07) is 8.05. The Balaban J connectivity index is 1.30. The van der Waals surface area contributed by atoms with Crippen LogP contribution in [-0.2, 0) is 46.3 Å². The van der Waals surface area contributed by atoms with E-state index in [1.54, 1.807) is 42.3 Å². The molecule has 12 nitrogen and oxygen atoms in total. The maximum atomic E-state index is 15.7. The van der Waals surface area contributed by atoms with Crippen molar-refractivity contribution in [3.63, 3.8) is 0 Å². The van der Waals surface area contributed by atoms with Crippen LogP contribution in [0.3, 0.4) is 0 Å². The van der Waals surface area contributed by atoms with Crippen LogP contribution in [0.2, 0.25) is 5.02 Å². The number of halogens is 7. The van der Waals surface area contributed by atoms with Gasteiger partial charge in [-0.05, 0) is 75.8 Å². The lowest BCUT2D eigenvalue weighted by Crippen LogP contribution is -2.36. The van der Waals surface area contributed by atoms with Gasteiger partial charge in [-0.15, -0.1) is 0 Å². The highest BCUT2D eigenvalue weighted by atomic mass is 35.5. The van der Waals surface area contributed by atoms with Crippen LogP contribution in [0.4, 0.5) is 32.2 Å². The minimum Gasteiger partial charge on any atom is -0.346 e. The molecule has 4 heterocycles. The highest BCUT2D eigenvalue weighted by Gasteiger charge is 2.62. The van der Waals surface area contributed by atoms with E-state index in [2.05, 4.69) is 25.3 Å². The largest absolute Gasteiger partial charge is 0.346 e. The van der Waals surface area contributed by atoms with Gasteiger partial charge in [0, 0.05) is 47.5 Å². The molecule has 1 saturated carbocycles. The van der Waals surface area contributed by atoms with Gasteiger partial charge in [0.1, 0.15) is 29.6 Å². The van der Waals surface area contributed by atoms with Crippen molar-refractivity contribution in [1.29, 1.82) is 0 Å². The van der Waals surface area contributed by atoms with E-state index in [1.807, 2.05) is 20.8 Å². The predicted octanol–water partition coefficient (Wildman–Crippen LogP) is 8.39. The van der Waals surface area contributed by atoms with E-state index in [1.165, 1.54) is 10.7 Å². The van der Waals surface area contributed by atoms with E-state index in [-0.39, 0.29) is 52.3 Å². The van der Waals surface area contributed by atoms with Crippen LogP contribution >= 0.6 is 11.6 Å². The number of fused-ring (bicyclic) bond motifs is 4. The summed E-state index contributed by atoms with van der Waals surface area (Å²) in [4.78, 5) is 19.2. The Labute approximate surface area is 345 Å². The van der Waals surface area contributed by atoms with Crippen LogP contribution in [0.15, 0.2) is 54.9 Å². The molecular formula is C40H38ClF6N9O3S. The number of nitrogens with one attached hydrogen (secondary N) is 2. The monoisotopic (exact) mass is 873 g/mol. The molecule has 2 N–H and O–H groups in total. The predicted molar refractivity (Wildman–Crippen MR) is 211 cm³/mol. The molecule has 0 bridgehead atoms. The fraction of sp³-hybridized carbons (Fsp3) is 0.375. The number of pyridine rings is 1. The molecule has 0 saturated heterocycles. The Bertz CT molecular complexity index is 2800. The second kappa shape index (κ2) is 14.6. The standard InChI is InChI=1S/C40H38ClF6N9O3S/c1-39(2,3)56-17-20(16-48-56)28-11-8-23(24-7-10-27(41)32-35(24)54(4)52-38(32)53-60(5,58)59)33(50-28)29(14-19-12-21(42)15-22(43)13-19)49-30(57)18-55-36-31(34(51-55)37(44)45)25-6-9-26(25)40(36,46)47/h7-8,10-13,15-17,25-26,29,37H,6,9,14,18H2,1-5H3,(H,49,57)(H,52,53)/t25-,26+,29-/m0/s1. The van der Waals surface area contributed by atoms with Crippen LogP contribution < -0.4 is 10.0 Å². The molecule has 2 aliphatic rings. The van der Waals surface area contributed by atoms with E-state index < -0.39 is 81.3 Å². The second-order valence-corrected chi connectivity index (χ2v) is 18.4. The minimum absolute atomic E-state index is 0.0668. The van der Waals surface area contributed by atoms with Gasteiger partial charge in [-0.2, -0.15) is 24.1 Å². The van der Waals surface area contributed by atoms with Crippen LogP contribution in [0.5, 0.6) is 0 Å². The number of hydrogen-bond acceptors (Lipinski definition) is 7. The Morgan fingerprint density at radius 1 is 1.02 bits per heavy atom. The van der Waals surface area contributed by atoms with E-state index in [4.69, 9.17) is 16.6 Å². The smallest absolute Gasteiger partial charge is 0.293 e. The third-order valence-electron chi connectivity index (χ3n) is 11.0. The minimum atomic E-state index is -3.82. The Kier molecular flexibility index (Phi) is 10.1. The zero-order chi connectivity index (χ0) is 43.2. The van der Waals surface area contributed by atoms with Crippen LogP contribution in [0.25, 0.3) is 33.3 Å². The molecule has 0 unspecified atom stereocenters. The summed E-state index contributed by atoms with van der Waals surface area (Å²) < 4.78 is 120. The number of anilines is 1. The summed E-state index contributed by atoms with van der Waals surface area (Å²) in [5.41, 5.74) is 0.0456. The SMILES string of the molecule is Cn1nc(NS(C)(=O)=O)c2c(Cl)ccc(-c3ccc(-c4cnn(C(C)(C)C)c4)nc3[C@H](Cc3cc(F)cc(F)c3)NC(=O)Cn3nc(C(F)F)c4c3C(F)(F)[C@@H]3CC[C@H]43)c21. The summed E-state index contributed by atoms with van der Waals surface area (Å²) in [6.45, 7) is 4.95. The van der Waals surface area contributed by atoms with E-state index in [0.717, 1.165) is 18.4 Å². The summed E-state index contributed by atoms with van der Waals surface area (Å²) in [6.07, 6.45) is 1.26. The number of nitrogens with zero attached hydrogens (tertiary/aromatic N) is 7. The lowest BCUT2D eigenvalue weighted by Gasteiger charge is -2.34. The molecule has 6 aromatic rings. The average Bonchev–Trinajstić information content (AvgIpc) is 3.86. The quantitative estimate of drug-likeness (QED) is 0.125. The van der Waals surface area contributed by atoms with Gasteiger partial charge in [-0.1, -0.05) is 23.7 Å². The van der Waals surface area contributed by atoms with Gasteiger partial charge < -0.3 is 5.32 Å². The summed E-state index contributed by atoms with van der Waals surface area (Å²) in [7, 11) is -2.26. The first-order valence-corrected chi connectivity index (χ1v) is 21.1. The summed E-state index contributed by atoms with van der Waals surface area (Å²) >= 11 is 6.65. The molecule has 0 spiro atoms. The lowest BCUT2D eigenvalue weighted by atomic mass is 9.73. The first kappa shape index (κ1) is 41.3. The van der Waals surface area contributed by atoms with Crippen molar-refractivity contribution in [2.75, 3.05) is 11.0 Å². The molecule has 4 aromatic heterocycles. The van der Waals surface area contributed by atoms with Gasteiger partial charge in [0.25, 0.3) is 12.3 Å². The zero-order valence-corrected chi connectivity index (χ0v) is 34.3. The Morgan fingerprint density at radius 2 is 1.72 bits per heavy atom. The van der Waals surface area contributed by atoms with Gasteiger partial charge in [-0.3, -0.25) is 23.6 Å². The number of hydrogen-bond donors (Lipinski definition) is 2. The molecule has 2 aromatic carbocycles. The lowest BCUT2D eigenvalue weighted by molar-refractivity contribution is -0.123. The van der Waals surface area contributed by atoms with Gasteiger partial charge in [0.05, 0.1) is 51.3 Å². The van der Waals surface area contributed by atoms with Crippen molar-refractivity contribution >= 4 is 44.3 Å². The summed E-state index contributed by atoms with van der Waals surface area (Å²) in [5.74, 6) is -8.31. The maximum absolute atomic E-state index is 15.7. The van der Waals surface area contributed by atoms with Gasteiger partial charge in [0.15, 0.2) is 5.82 Å². The molecule has 0 radical (unpaired) electrons. The van der Waals surface area contributed by atoms with Crippen LogP contribution in [0.1, 0.15) is 80.2 Å². The van der Waals surface area contributed by atoms with Crippen molar-refractivity contribution < 1.29 is 39.6 Å². The molecule has 316 valence electrons. The zero-order valence-electron chi connectivity index (χ0n) is 32.7. The topological polar surface area (TPSA) is 142 Å². The van der Waals surface area contributed by atoms with Gasteiger partial charge in [0.2, 0.25) is 15.9 Å². The number of sulfonamides is 1. The number of carbonyl (C=O) groups is 1. The first-order valence-electron chi connectivity index (χ1n) is 18.8. The number of aryl methyl sites for hydroxylation is 1. The third kappa shape index (κ3) is 7.39. The third-order valence-corrected chi connectivity index (χ3v) is 11.9. The van der Waals surface area contributed by atoms with Crippen LogP contribution in [0, 0.1) is 17.6 Å². The fourth-order valence-electron chi connectivity index (χ4n) is 8.29. The first-order chi connectivity index (χ1) is 28.1. The van der Waals surface area contributed by atoms with E-state index in [0.29, 0.717) is 38.6 Å². The fourth-order valence-corrected chi connectivity index (χ4v) is 9.03. The number of alkyl halides is 4. The molecule has 0 aliphatic heterocycles. The van der Waals surface area contributed by atoms with Crippen molar-refractivity contribution in [2.45, 2.75) is 76.4 Å². The molecular weight excluding hydrogens is 836 g/mol. The number of benzene rings is 2. The molecule has 20 heteroatoms. The van der Waals surface area contributed by atoms with Crippen molar-refractivity contribution in [1.82, 2.24) is 39.6 Å². The van der Waals surface area contributed by atoms with Crippen molar-refractivity contribution in [2.24, 2.45) is 13.0 Å². The van der Waals surface area contributed by atoms with E-state index >= 15 is 8.78 Å². The van der Waals surface area contributed by atoms with Crippen LogP contribution in [-0.4, -0.2) is 54.9 Å². The molecule has 2 aliphatic carbocycles. The Morgan fingerprint density at radius 3 is 2.33 bits per heavy atom. The molecule has 1 amide bonds. The molecule has 3 atom stereocenters. The highest BCUT2D eigenvalue weighted by molar-refractivity contribution is 7.92. The van der Waals surface area contributed by atoms with E-state index in [9.17, 15) is 30.8 Å². The van der Waals surface area contributed by atoms with Gasteiger partial charge >= 0.3 is 0 Å². The second-order valence-electron chi connectivity index (χ2n) is 16.3. The summed E-state index contributed by atoms with van der Waals surface area (Å²) in [5, 5.41) is 15.8. The number of rotatable bonds is 11. The normalized spacial score (nSPS) is 17.8.